The van der Waals surface area contributed by atoms with Crippen LogP contribution >= 0.6 is 11.6 Å². The molecule has 0 aromatic heterocycles. The maximum atomic E-state index is 9.92. The third-order valence-corrected chi connectivity index (χ3v) is 1.82. The average Bonchev–Trinajstić information content (AvgIpc) is 2.56. The number of carbonyl (C=O) groups is 2. The first-order valence-electron chi connectivity index (χ1n) is 4.24. The minimum atomic E-state index is -0.579. The molecule has 1 aromatic carbocycles. The summed E-state index contributed by atoms with van der Waals surface area (Å²) in [6.45, 7) is 2.04. The van der Waals surface area contributed by atoms with Gasteiger partial charge in [0.1, 0.15) is 0 Å². The van der Waals surface area contributed by atoms with Crippen molar-refractivity contribution in [2.45, 2.75) is 6.92 Å². The number of halogens is 1. The molecule has 1 aromatic rings. The molecular formula is C11H9ClO3. The summed E-state index contributed by atoms with van der Waals surface area (Å²) in [5.41, 5.74) is 1.24. The number of hydrogen-bond acceptors (Lipinski definition) is 3. The molecule has 2 rings (SSSR count). The summed E-state index contributed by atoms with van der Waals surface area (Å²) in [4.78, 5) is 19.8. The van der Waals surface area contributed by atoms with Crippen LogP contribution in [0.5, 0.6) is 0 Å². The largest absolute Gasteiger partial charge is 0.387 e. The minimum absolute atomic E-state index is 0.579. The first kappa shape index (κ1) is 11.5. The van der Waals surface area contributed by atoms with Gasteiger partial charge in [-0.15, -0.1) is 0 Å². The summed E-state index contributed by atoms with van der Waals surface area (Å²) in [6.07, 6.45) is 2.17. The van der Waals surface area contributed by atoms with Crippen LogP contribution in [-0.2, 0) is 14.3 Å². The Labute approximate surface area is 92.3 Å². The Morgan fingerprint density at radius 2 is 1.47 bits per heavy atom. The number of cyclic esters (lactones) is 2. The third kappa shape index (κ3) is 4.42. The van der Waals surface area contributed by atoms with Crippen molar-refractivity contribution in [3.8, 4) is 0 Å². The molecule has 0 aliphatic carbocycles. The van der Waals surface area contributed by atoms with Crippen molar-refractivity contribution >= 4 is 23.5 Å². The molecule has 0 bridgehead atoms. The Bertz CT molecular complexity index is 356. The molecular weight excluding hydrogens is 216 g/mol. The smallest absolute Gasteiger partial charge is 0.338 e. The maximum absolute atomic E-state index is 9.92. The molecule has 0 N–H and O–H groups in total. The Hall–Kier alpha value is -1.61. The zero-order chi connectivity index (χ0) is 11.3. The SMILES string of the molecule is Cc1ccc(Cl)cc1.O=C1C=CC(=O)O1. The number of hydrogen-bond donors (Lipinski definition) is 0. The number of benzene rings is 1. The zero-order valence-electron chi connectivity index (χ0n) is 8.07. The van der Waals surface area contributed by atoms with E-state index in [4.69, 9.17) is 11.6 Å². The topological polar surface area (TPSA) is 43.4 Å². The molecule has 78 valence electrons. The minimum Gasteiger partial charge on any atom is -0.387 e. The standard InChI is InChI=1S/C7H7Cl.C4H2O3/c1-6-2-4-7(8)5-3-6;5-3-1-2-4(6)7-3/h2-5H,1H3;1-2H. The van der Waals surface area contributed by atoms with Crippen LogP contribution in [0.25, 0.3) is 0 Å². The van der Waals surface area contributed by atoms with Crippen LogP contribution in [0.1, 0.15) is 5.56 Å². The van der Waals surface area contributed by atoms with Gasteiger partial charge < -0.3 is 4.74 Å². The van der Waals surface area contributed by atoms with Crippen molar-refractivity contribution in [2.24, 2.45) is 0 Å². The van der Waals surface area contributed by atoms with E-state index in [1.54, 1.807) is 0 Å². The maximum Gasteiger partial charge on any atom is 0.338 e. The Morgan fingerprint density at radius 1 is 1.00 bits per heavy atom. The van der Waals surface area contributed by atoms with Crippen LogP contribution in [0.15, 0.2) is 36.4 Å². The molecule has 1 aliphatic heterocycles. The molecule has 0 atom stereocenters. The van der Waals surface area contributed by atoms with Gasteiger partial charge in [0.15, 0.2) is 0 Å². The van der Waals surface area contributed by atoms with Gasteiger partial charge in [-0.25, -0.2) is 9.59 Å². The van der Waals surface area contributed by atoms with Crippen molar-refractivity contribution in [3.63, 3.8) is 0 Å². The summed E-state index contributed by atoms with van der Waals surface area (Å²) < 4.78 is 3.97. The van der Waals surface area contributed by atoms with E-state index in [1.807, 2.05) is 31.2 Å². The molecule has 3 nitrogen and oxygen atoms in total. The molecule has 0 saturated heterocycles. The van der Waals surface area contributed by atoms with Gasteiger partial charge in [-0.1, -0.05) is 29.3 Å². The second-order valence-corrected chi connectivity index (χ2v) is 3.31. The first-order chi connectivity index (χ1) is 7.08. The van der Waals surface area contributed by atoms with E-state index in [1.165, 1.54) is 5.56 Å². The van der Waals surface area contributed by atoms with Gasteiger partial charge in [0, 0.05) is 17.2 Å². The fourth-order valence-corrected chi connectivity index (χ4v) is 0.962. The molecule has 0 radical (unpaired) electrons. The number of esters is 2. The van der Waals surface area contributed by atoms with Gasteiger partial charge in [-0.05, 0) is 19.1 Å². The lowest BCUT2D eigenvalue weighted by Crippen LogP contribution is -1.96. The predicted molar refractivity (Wildman–Crippen MR) is 56.4 cm³/mol. The Balaban J connectivity index is 0.000000151. The molecule has 0 unspecified atom stereocenters. The van der Waals surface area contributed by atoms with Crippen molar-refractivity contribution in [1.82, 2.24) is 0 Å². The lowest BCUT2D eigenvalue weighted by Gasteiger charge is -1.88. The molecule has 0 fully saturated rings. The number of aryl methyl sites for hydroxylation is 1. The molecule has 15 heavy (non-hydrogen) atoms. The van der Waals surface area contributed by atoms with E-state index in [9.17, 15) is 9.59 Å². The van der Waals surface area contributed by atoms with Gasteiger partial charge in [-0.3, -0.25) is 0 Å². The van der Waals surface area contributed by atoms with E-state index >= 15 is 0 Å². The number of rotatable bonds is 0. The van der Waals surface area contributed by atoms with Crippen LogP contribution < -0.4 is 0 Å². The zero-order valence-corrected chi connectivity index (χ0v) is 8.82. The monoisotopic (exact) mass is 224 g/mol. The lowest BCUT2D eigenvalue weighted by atomic mass is 10.2. The predicted octanol–water partition coefficient (Wildman–Crippen LogP) is 2.27. The fourth-order valence-electron chi connectivity index (χ4n) is 0.836. The first-order valence-corrected chi connectivity index (χ1v) is 4.62. The summed E-state index contributed by atoms with van der Waals surface area (Å²) in [6, 6.07) is 7.75. The third-order valence-electron chi connectivity index (χ3n) is 1.57. The summed E-state index contributed by atoms with van der Waals surface area (Å²) in [7, 11) is 0. The number of carbonyl (C=O) groups excluding carboxylic acids is 2. The molecule has 1 heterocycles. The van der Waals surface area contributed by atoms with Crippen LogP contribution in [0, 0.1) is 6.92 Å². The lowest BCUT2D eigenvalue weighted by molar-refractivity contribution is -0.150. The van der Waals surface area contributed by atoms with Gasteiger partial charge in [-0.2, -0.15) is 0 Å². The van der Waals surface area contributed by atoms with Crippen LogP contribution in [-0.4, -0.2) is 11.9 Å². The van der Waals surface area contributed by atoms with E-state index in [2.05, 4.69) is 4.74 Å². The van der Waals surface area contributed by atoms with Gasteiger partial charge in [0.2, 0.25) is 0 Å². The van der Waals surface area contributed by atoms with Crippen molar-refractivity contribution < 1.29 is 14.3 Å². The van der Waals surface area contributed by atoms with E-state index in [0.717, 1.165) is 17.2 Å². The number of ether oxygens (including phenoxy) is 1. The van der Waals surface area contributed by atoms with E-state index < -0.39 is 11.9 Å². The highest BCUT2D eigenvalue weighted by Gasteiger charge is 2.10. The quantitative estimate of drug-likeness (QED) is 0.502. The van der Waals surface area contributed by atoms with Gasteiger partial charge >= 0.3 is 11.9 Å². The Morgan fingerprint density at radius 3 is 1.73 bits per heavy atom. The van der Waals surface area contributed by atoms with Crippen LogP contribution in [0.3, 0.4) is 0 Å². The highest BCUT2D eigenvalue weighted by atomic mass is 35.5. The van der Waals surface area contributed by atoms with Gasteiger partial charge in [0.25, 0.3) is 0 Å². The van der Waals surface area contributed by atoms with E-state index in [-0.39, 0.29) is 0 Å². The van der Waals surface area contributed by atoms with Crippen LogP contribution in [0.4, 0.5) is 0 Å². The van der Waals surface area contributed by atoms with Crippen molar-refractivity contribution in [2.75, 3.05) is 0 Å². The second kappa shape index (κ2) is 5.32. The second-order valence-electron chi connectivity index (χ2n) is 2.87. The highest BCUT2D eigenvalue weighted by molar-refractivity contribution is 6.30. The highest BCUT2D eigenvalue weighted by Crippen LogP contribution is 2.07. The Kier molecular flexibility index (Phi) is 4.06. The van der Waals surface area contributed by atoms with E-state index in [0.29, 0.717) is 0 Å². The molecule has 4 heteroatoms. The van der Waals surface area contributed by atoms with Crippen molar-refractivity contribution in [1.29, 1.82) is 0 Å². The van der Waals surface area contributed by atoms with Crippen molar-refractivity contribution in [3.05, 3.63) is 47.0 Å². The van der Waals surface area contributed by atoms with Crippen LogP contribution in [0.2, 0.25) is 5.02 Å². The molecule has 0 amide bonds. The average molecular weight is 225 g/mol. The fraction of sp³-hybridized carbons (Fsp3) is 0.0909. The summed E-state index contributed by atoms with van der Waals surface area (Å²) in [5, 5.41) is 0.801. The summed E-state index contributed by atoms with van der Waals surface area (Å²) in [5.74, 6) is -1.16. The summed E-state index contributed by atoms with van der Waals surface area (Å²) >= 11 is 5.61. The normalized spacial score (nSPS) is 13.2. The molecule has 1 aliphatic rings. The molecule has 0 saturated carbocycles. The molecule has 0 spiro atoms. The van der Waals surface area contributed by atoms with Gasteiger partial charge in [0.05, 0.1) is 0 Å².